The molecular formula is C21H24N4O5. The Morgan fingerprint density at radius 2 is 1.80 bits per heavy atom. The molecular weight excluding hydrogens is 388 g/mol. The van der Waals surface area contributed by atoms with E-state index < -0.39 is 6.10 Å². The molecule has 0 fully saturated rings. The van der Waals surface area contributed by atoms with Crippen LogP contribution in [0.3, 0.4) is 0 Å². The molecule has 1 unspecified atom stereocenters. The number of ether oxygens (including phenoxy) is 1. The molecule has 1 atom stereocenters. The molecule has 3 rings (SSSR count). The number of unbranched alkanes of at least 4 members (excludes halogenated alkanes) is 3. The number of oxime groups is 1. The summed E-state index contributed by atoms with van der Waals surface area (Å²) in [5, 5.41) is 37.4. The Kier molecular flexibility index (Phi) is 7.24. The topological polar surface area (TPSA) is 140 Å². The lowest BCUT2D eigenvalue weighted by Crippen LogP contribution is -2.21. The molecule has 0 bridgehead atoms. The third-order valence-corrected chi connectivity index (χ3v) is 4.75. The fourth-order valence-corrected chi connectivity index (χ4v) is 3.27. The molecule has 1 heterocycles. The molecule has 0 aromatic heterocycles. The first-order chi connectivity index (χ1) is 14.6. The van der Waals surface area contributed by atoms with Crippen molar-refractivity contribution in [3.63, 3.8) is 0 Å². The van der Waals surface area contributed by atoms with Crippen molar-refractivity contribution in [2.24, 2.45) is 10.3 Å². The van der Waals surface area contributed by atoms with Crippen LogP contribution < -0.4 is 4.74 Å². The SMILES string of the molecule is [N-]=[N+]=NCCCCCCO/N=C1\CC(c2ccc(O)cc2)Oc2cc(O)cc(O)c21. The third-order valence-electron chi connectivity index (χ3n) is 4.75. The van der Waals surface area contributed by atoms with Crippen molar-refractivity contribution >= 4 is 5.71 Å². The highest BCUT2D eigenvalue weighted by molar-refractivity contribution is 6.06. The van der Waals surface area contributed by atoms with E-state index in [1.807, 2.05) is 0 Å². The van der Waals surface area contributed by atoms with Gasteiger partial charge in [-0.1, -0.05) is 28.8 Å². The van der Waals surface area contributed by atoms with Gasteiger partial charge in [-0.15, -0.1) is 0 Å². The molecule has 9 nitrogen and oxygen atoms in total. The Labute approximate surface area is 173 Å². The second kappa shape index (κ2) is 10.3. The van der Waals surface area contributed by atoms with Gasteiger partial charge < -0.3 is 24.9 Å². The summed E-state index contributed by atoms with van der Waals surface area (Å²) in [7, 11) is 0. The largest absolute Gasteiger partial charge is 0.508 e. The summed E-state index contributed by atoms with van der Waals surface area (Å²) in [5.74, 6) is 0.229. The van der Waals surface area contributed by atoms with Gasteiger partial charge in [-0.2, -0.15) is 0 Å². The molecule has 30 heavy (non-hydrogen) atoms. The van der Waals surface area contributed by atoms with Crippen LogP contribution >= 0.6 is 0 Å². The molecule has 0 saturated heterocycles. The maximum absolute atomic E-state index is 10.3. The standard InChI is InChI=1S/C21H24N4O5/c22-25-23-9-3-1-2-4-10-29-24-17-13-19(14-5-7-15(26)8-6-14)30-20-12-16(27)11-18(28)21(17)20/h5-8,11-12,19,26-28H,1-4,9-10,13H2/b24-17+. The first-order valence-corrected chi connectivity index (χ1v) is 9.80. The Balaban J connectivity index is 1.68. The highest BCUT2D eigenvalue weighted by Gasteiger charge is 2.30. The summed E-state index contributed by atoms with van der Waals surface area (Å²) in [6, 6.07) is 9.32. The first kappa shape index (κ1) is 21.1. The molecule has 2 aromatic carbocycles. The van der Waals surface area contributed by atoms with Crippen molar-refractivity contribution in [2.75, 3.05) is 13.2 Å². The summed E-state index contributed by atoms with van der Waals surface area (Å²) in [6.45, 7) is 0.922. The lowest BCUT2D eigenvalue weighted by molar-refractivity contribution is 0.135. The molecule has 0 spiro atoms. The molecule has 3 N–H and O–H groups in total. The molecule has 0 amide bonds. The smallest absolute Gasteiger partial charge is 0.136 e. The van der Waals surface area contributed by atoms with E-state index in [1.54, 1.807) is 24.3 Å². The van der Waals surface area contributed by atoms with Gasteiger partial charge in [0.2, 0.25) is 0 Å². The molecule has 1 aliphatic rings. The van der Waals surface area contributed by atoms with Crippen LogP contribution in [-0.2, 0) is 4.84 Å². The van der Waals surface area contributed by atoms with Gasteiger partial charge in [-0.05, 0) is 42.5 Å². The summed E-state index contributed by atoms with van der Waals surface area (Å²) in [6.07, 6.45) is 3.48. The minimum atomic E-state index is -0.401. The van der Waals surface area contributed by atoms with E-state index in [1.165, 1.54) is 12.1 Å². The average Bonchev–Trinajstić information content (AvgIpc) is 2.72. The second-order valence-electron chi connectivity index (χ2n) is 6.98. The van der Waals surface area contributed by atoms with Gasteiger partial charge in [0.15, 0.2) is 0 Å². The normalized spacial score (nSPS) is 16.4. The fourth-order valence-electron chi connectivity index (χ4n) is 3.27. The monoisotopic (exact) mass is 412 g/mol. The highest BCUT2D eigenvalue weighted by atomic mass is 16.6. The molecule has 0 aliphatic carbocycles. The molecule has 0 radical (unpaired) electrons. The van der Waals surface area contributed by atoms with Gasteiger partial charge in [0.05, 0.1) is 11.3 Å². The number of benzene rings is 2. The maximum Gasteiger partial charge on any atom is 0.136 e. The molecule has 1 aliphatic heterocycles. The number of hydrogen-bond acceptors (Lipinski definition) is 7. The van der Waals surface area contributed by atoms with Crippen LogP contribution in [0.2, 0.25) is 0 Å². The van der Waals surface area contributed by atoms with Crippen LogP contribution in [0.1, 0.15) is 49.3 Å². The van der Waals surface area contributed by atoms with Crippen molar-refractivity contribution in [2.45, 2.75) is 38.2 Å². The van der Waals surface area contributed by atoms with E-state index in [0.717, 1.165) is 31.2 Å². The predicted molar refractivity (Wildman–Crippen MR) is 111 cm³/mol. The van der Waals surface area contributed by atoms with Crippen LogP contribution in [0.4, 0.5) is 0 Å². The zero-order valence-electron chi connectivity index (χ0n) is 16.4. The Hall–Kier alpha value is -3.58. The van der Waals surface area contributed by atoms with Gasteiger partial charge in [0.25, 0.3) is 0 Å². The van der Waals surface area contributed by atoms with E-state index in [2.05, 4.69) is 15.2 Å². The molecule has 9 heteroatoms. The predicted octanol–water partition coefficient (Wildman–Crippen LogP) is 4.92. The first-order valence-electron chi connectivity index (χ1n) is 9.80. The number of fused-ring (bicyclic) bond motifs is 1. The van der Waals surface area contributed by atoms with Crippen LogP contribution in [-0.4, -0.2) is 34.2 Å². The Morgan fingerprint density at radius 1 is 1.03 bits per heavy atom. The van der Waals surface area contributed by atoms with Crippen molar-refractivity contribution < 1.29 is 24.9 Å². The van der Waals surface area contributed by atoms with Crippen molar-refractivity contribution in [1.29, 1.82) is 0 Å². The van der Waals surface area contributed by atoms with E-state index in [-0.39, 0.29) is 17.2 Å². The van der Waals surface area contributed by atoms with Crippen molar-refractivity contribution in [1.82, 2.24) is 0 Å². The van der Waals surface area contributed by atoms with E-state index in [4.69, 9.17) is 15.1 Å². The van der Waals surface area contributed by atoms with E-state index in [0.29, 0.717) is 36.6 Å². The minimum Gasteiger partial charge on any atom is -0.508 e. The summed E-state index contributed by atoms with van der Waals surface area (Å²) in [5.41, 5.74) is 9.99. The second-order valence-corrected chi connectivity index (χ2v) is 6.98. The Morgan fingerprint density at radius 3 is 2.57 bits per heavy atom. The Bertz CT molecular complexity index is 939. The third kappa shape index (κ3) is 5.48. The number of azide groups is 1. The number of phenolic OH excluding ortho intramolecular Hbond substituents is 3. The number of aromatic hydroxyl groups is 3. The molecule has 158 valence electrons. The summed E-state index contributed by atoms with van der Waals surface area (Å²) in [4.78, 5) is 8.20. The zero-order chi connectivity index (χ0) is 21.3. The van der Waals surface area contributed by atoms with Crippen molar-refractivity contribution in [3.05, 3.63) is 58.0 Å². The number of phenols is 3. The van der Waals surface area contributed by atoms with Crippen LogP contribution in [0, 0.1) is 0 Å². The lowest BCUT2D eigenvalue weighted by Gasteiger charge is -2.28. The number of nitrogens with zero attached hydrogens (tertiary/aromatic N) is 4. The average molecular weight is 412 g/mol. The van der Waals surface area contributed by atoms with Crippen LogP contribution in [0.25, 0.3) is 10.4 Å². The van der Waals surface area contributed by atoms with Gasteiger partial charge in [-0.25, -0.2) is 0 Å². The minimum absolute atomic E-state index is 0.112. The fraction of sp³-hybridized carbons (Fsp3) is 0.381. The number of rotatable bonds is 9. The van der Waals surface area contributed by atoms with E-state index in [9.17, 15) is 15.3 Å². The van der Waals surface area contributed by atoms with Gasteiger partial charge in [-0.3, -0.25) is 0 Å². The quantitative estimate of drug-likeness (QED) is 0.176. The molecule has 0 saturated carbocycles. The van der Waals surface area contributed by atoms with Gasteiger partial charge in [0.1, 0.15) is 35.7 Å². The number of hydrogen-bond donors (Lipinski definition) is 3. The summed E-state index contributed by atoms with van der Waals surface area (Å²) < 4.78 is 5.97. The zero-order valence-corrected chi connectivity index (χ0v) is 16.4. The maximum atomic E-state index is 10.3. The van der Waals surface area contributed by atoms with Crippen LogP contribution in [0.15, 0.2) is 46.7 Å². The van der Waals surface area contributed by atoms with Crippen LogP contribution in [0.5, 0.6) is 23.0 Å². The van der Waals surface area contributed by atoms with Crippen molar-refractivity contribution in [3.8, 4) is 23.0 Å². The lowest BCUT2D eigenvalue weighted by atomic mass is 9.95. The summed E-state index contributed by atoms with van der Waals surface area (Å²) >= 11 is 0. The highest BCUT2D eigenvalue weighted by Crippen LogP contribution is 2.42. The van der Waals surface area contributed by atoms with Gasteiger partial charge >= 0.3 is 0 Å². The van der Waals surface area contributed by atoms with Gasteiger partial charge in [0, 0.05) is 30.0 Å². The van der Waals surface area contributed by atoms with E-state index >= 15 is 0 Å². The molecule has 2 aromatic rings.